The molecule has 0 radical (unpaired) electrons. The third-order valence-electron chi connectivity index (χ3n) is 3.19. The van der Waals surface area contributed by atoms with Crippen LogP contribution in [0, 0.1) is 0 Å². The van der Waals surface area contributed by atoms with Crippen LogP contribution >= 0.6 is 0 Å². The van der Waals surface area contributed by atoms with Crippen molar-refractivity contribution in [2.75, 3.05) is 17.2 Å². The Morgan fingerprint density at radius 2 is 2.00 bits per heavy atom. The topological polar surface area (TPSA) is 89.3 Å². The van der Waals surface area contributed by atoms with Gasteiger partial charge in [-0.25, -0.2) is 8.42 Å². The second-order valence-corrected chi connectivity index (χ2v) is 7.10. The highest BCUT2D eigenvalue weighted by Crippen LogP contribution is 2.34. The maximum atomic E-state index is 12.7. The van der Waals surface area contributed by atoms with Gasteiger partial charge in [0.2, 0.25) is 0 Å². The molecule has 3 N–H and O–H groups in total. The number of nitrogens with one attached hydrogen (secondary N) is 1. The molecule has 1 unspecified atom stereocenters. The second-order valence-electron chi connectivity index (χ2n) is 4.87. The highest BCUT2D eigenvalue weighted by Gasteiger charge is 2.34. The van der Waals surface area contributed by atoms with Gasteiger partial charge in [-0.05, 0) is 24.6 Å². The molecule has 0 aliphatic carbocycles. The predicted octanol–water partition coefficient (Wildman–Crippen LogP) is 1.20. The van der Waals surface area contributed by atoms with Crippen molar-refractivity contribution in [1.82, 2.24) is 5.32 Å². The number of carbonyl (C=O) groups is 1. The molecule has 1 atom stereocenters. The van der Waals surface area contributed by atoms with Crippen molar-refractivity contribution in [3.63, 3.8) is 0 Å². The van der Waals surface area contributed by atoms with E-state index in [0.29, 0.717) is 6.07 Å². The number of carbonyl (C=O) groups excluding carboxylic acids is 1. The molecule has 0 spiro atoms. The zero-order chi connectivity index (χ0) is 15.8. The Hall–Kier alpha value is -1.77. The van der Waals surface area contributed by atoms with Crippen LogP contribution in [0.4, 0.5) is 18.9 Å². The predicted molar refractivity (Wildman–Crippen MR) is 70.4 cm³/mol. The van der Waals surface area contributed by atoms with E-state index in [-0.39, 0.29) is 23.5 Å². The molecular formula is C12H13F3N2O3S. The number of nitrogen functional groups attached to an aromatic ring is 1. The van der Waals surface area contributed by atoms with Crippen molar-refractivity contribution in [1.29, 1.82) is 0 Å². The summed E-state index contributed by atoms with van der Waals surface area (Å²) in [5.74, 6) is -0.976. The normalized spacial score (nSPS) is 21.2. The molecular weight excluding hydrogens is 309 g/mol. The summed E-state index contributed by atoms with van der Waals surface area (Å²) < 4.78 is 60.7. The number of benzene rings is 1. The van der Waals surface area contributed by atoms with Gasteiger partial charge in [-0.3, -0.25) is 4.79 Å². The summed E-state index contributed by atoms with van der Waals surface area (Å²) >= 11 is 0. The summed E-state index contributed by atoms with van der Waals surface area (Å²) in [6.07, 6.45) is -4.40. The van der Waals surface area contributed by atoms with Gasteiger partial charge in [0.1, 0.15) is 0 Å². The highest BCUT2D eigenvalue weighted by molar-refractivity contribution is 7.91. The van der Waals surface area contributed by atoms with Gasteiger partial charge in [0.05, 0.1) is 17.1 Å². The zero-order valence-electron chi connectivity index (χ0n) is 10.8. The van der Waals surface area contributed by atoms with E-state index >= 15 is 0 Å². The molecule has 21 heavy (non-hydrogen) atoms. The maximum absolute atomic E-state index is 12.7. The van der Waals surface area contributed by atoms with Crippen LogP contribution in [0.1, 0.15) is 22.3 Å². The molecule has 1 saturated heterocycles. The first kappa shape index (κ1) is 15.6. The van der Waals surface area contributed by atoms with Crippen LogP contribution in [-0.2, 0) is 16.0 Å². The summed E-state index contributed by atoms with van der Waals surface area (Å²) in [6, 6.07) is 2.26. The van der Waals surface area contributed by atoms with Crippen molar-refractivity contribution >= 4 is 21.4 Å². The van der Waals surface area contributed by atoms with Crippen molar-refractivity contribution in [2.24, 2.45) is 0 Å². The van der Waals surface area contributed by atoms with E-state index in [2.05, 4.69) is 5.32 Å². The molecule has 0 bridgehead atoms. The Balaban J connectivity index is 2.17. The first-order chi connectivity index (χ1) is 9.58. The van der Waals surface area contributed by atoms with Gasteiger partial charge in [-0.2, -0.15) is 13.2 Å². The number of alkyl halides is 3. The number of rotatable bonds is 2. The van der Waals surface area contributed by atoms with Crippen molar-refractivity contribution < 1.29 is 26.4 Å². The summed E-state index contributed by atoms with van der Waals surface area (Å²) in [5, 5.41) is 2.42. The van der Waals surface area contributed by atoms with Crippen molar-refractivity contribution in [2.45, 2.75) is 18.6 Å². The van der Waals surface area contributed by atoms with Crippen LogP contribution in [-0.4, -0.2) is 31.9 Å². The van der Waals surface area contributed by atoms with Crippen LogP contribution < -0.4 is 11.1 Å². The smallest absolute Gasteiger partial charge is 0.398 e. The molecule has 5 nitrogen and oxygen atoms in total. The largest absolute Gasteiger partial charge is 0.418 e. The molecule has 1 aromatic carbocycles. The minimum absolute atomic E-state index is 0.0342. The number of hydrogen-bond acceptors (Lipinski definition) is 4. The zero-order valence-corrected chi connectivity index (χ0v) is 11.6. The van der Waals surface area contributed by atoms with E-state index in [0.717, 1.165) is 6.07 Å². The lowest BCUT2D eigenvalue weighted by atomic mass is 10.1. The summed E-state index contributed by atoms with van der Waals surface area (Å²) in [5.41, 5.74) is 3.48. The van der Waals surface area contributed by atoms with E-state index in [1.165, 1.54) is 6.07 Å². The van der Waals surface area contributed by atoms with Crippen LogP contribution in [0.5, 0.6) is 0 Å². The third kappa shape index (κ3) is 3.66. The summed E-state index contributed by atoms with van der Waals surface area (Å²) in [6.45, 7) is 0. The number of nitrogens with two attached hydrogens (primary N) is 1. The van der Waals surface area contributed by atoms with Crippen molar-refractivity contribution in [3.05, 3.63) is 29.3 Å². The van der Waals surface area contributed by atoms with Crippen molar-refractivity contribution in [3.8, 4) is 0 Å². The lowest BCUT2D eigenvalue weighted by molar-refractivity contribution is -0.136. The Morgan fingerprint density at radius 3 is 2.52 bits per heavy atom. The number of amides is 1. The molecule has 116 valence electrons. The third-order valence-corrected chi connectivity index (χ3v) is 4.96. The lowest BCUT2D eigenvalue weighted by Crippen LogP contribution is -2.35. The fourth-order valence-electron chi connectivity index (χ4n) is 2.12. The van der Waals surface area contributed by atoms with Gasteiger partial charge < -0.3 is 11.1 Å². The Kier molecular flexibility index (Phi) is 3.87. The Bertz CT molecular complexity index is 671. The fourth-order valence-corrected chi connectivity index (χ4v) is 3.79. The minimum Gasteiger partial charge on any atom is -0.398 e. The van der Waals surface area contributed by atoms with Gasteiger partial charge in [-0.1, -0.05) is 0 Å². The van der Waals surface area contributed by atoms with E-state index in [1.54, 1.807) is 0 Å². The van der Waals surface area contributed by atoms with E-state index in [9.17, 15) is 26.4 Å². The minimum atomic E-state index is -4.66. The first-order valence-electron chi connectivity index (χ1n) is 6.06. The van der Waals surface area contributed by atoms with Gasteiger partial charge in [0.25, 0.3) is 5.91 Å². The Labute approximate surface area is 119 Å². The van der Waals surface area contributed by atoms with E-state index in [4.69, 9.17) is 5.73 Å². The lowest BCUT2D eigenvalue weighted by Gasteiger charge is -2.14. The highest BCUT2D eigenvalue weighted by atomic mass is 32.2. The van der Waals surface area contributed by atoms with Crippen LogP contribution in [0.2, 0.25) is 0 Å². The van der Waals surface area contributed by atoms with Gasteiger partial charge in [-0.15, -0.1) is 0 Å². The standard InChI is InChI=1S/C12H13F3N2O3S/c13-12(14,15)9-5-7(1-2-10(9)16)11(18)17-8-3-4-21(19,20)6-8/h1-2,5,8H,3-4,6,16H2,(H,17,18). The summed E-state index contributed by atoms with van der Waals surface area (Å²) in [7, 11) is -3.18. The molecule has 1 amide bonds. The van der Waals surface area contributed by atoms with Crippen LogP contribution in [0.15, 0.2) is 18.2 Å². The van der Waals surface area contributed by atoms with E-state index in [1.807, 2.05) is 0 Å². The quantitative estimate of drug-likeness (QED) is 0.801. The molecule has 9 heteroatoms. The molecule has 0 aromatic heterocycles. The van der Waals surface area contributed by atoms with Gasteiger partial charge >= 0.3 is 6.18 Å². The maximum Gasteiger partial charge on any atom is 0.418 e. The number of hydrogen-bond donors (Lipinski definition) is 2. The fraction of sp³-hybridized carbons (Fsp3) is 0.417. The number of sulfone groups is 1. The van der Waals surface area contributed by atoms with Crippen LogP contribution in [0.25, 0.3) is 0 Å². The van der Waals surface area contributed by atoms with Gasteiger partial charge in [0, 0.05) is 17.3 Å². The monoisotopic (exact) mass is 322 g/mol. The molecule has 0 saturated carbocycles. The average Bonchev–Trinajstić information content (AvgIpc) is 2.67. The van der Waals surface area contributed by atoms with Gasteiger partial charge in [0.15, 0.2) is 9.84 Å². The SMILES string of the molecule is Nc1ccc(C(=O)NC2CCS(=O)(=O)C2)cc1C(F)(F)F. The Morgan fingerprint density at radius 1 is 1.33 bits per heavy atom. The first-order valence-corrected chi connectivity index (χ1v) is 7.89. The second kappa shape index (κ2) is 5.21. The number of halogens is 3. The average molecular weight is 322 g/mol. The molecule has 2 rings (SSSR count). The molecule has 1 aromatic rings. The van der Waals surface area contributed by atoms with E-state index < -0.39 is 39.2 Å². The molecule has 1 heterocycles. The molecule has 1 fully saturated rings. The summed E-state index contributed by atoms with van der Waals surface area (Å²) in [4.78, 5) is 11.9. The molecule has 1 aliphatic heterocycles. The number of anilines is 1. The molecule has 1 aliphatic rings. The van der Waals surface area contributed by atoms with Crippen LogP contribution in [0.3, 0.4) is 0 Å².